The van der Waals surface area contributed by atoms with E-state index in [0.717, 1.165) is 17.8 Å². The van der Waals surface area contributed by atoms with Crippen LogP contribution >= 0.6 is 0 Å². The van der Waals surface area contributed by atoms with Gasteiger partial charge in [-0.25, -0.2) is 0 Å². The standard InChI is InChI=1S/C14H23N3O/c1-11(10-15)8-9-14(18)16-12-6-4-5-7-13(12)17(2)3/h4-7,11H,8-10,15H2,1-3H3,(H,16,18). The second-order valence-corrected chi connectivity index (χ2v) is 4.84. The number of carbonyl (C=O) groups excluding carboxylic acids is 1. The fourth-order valence-electron chi connectivity index (χ4n) is 1.68. The fraction of sp³-hybridized carbons (Fsp3) is 0.500. The summed E-state index contributed by atoms with van der Waals surface area (Å²) < 4.78 is 0. The maximum absolute atomic E-state index is 11.8. The molecule has 1 unspecified atom stereocenters. The van der Waals surface area contributed by atoms with E-state index in [0.29, 0.717) is 18.9 Å². The molecule has 0 heterocycles. The van der Waals surface area contributed by atoms with E-state index >= 15 is 0 Å². The molecule has 18 heavy (non-hydrogen) atoms. The monoisotopic (exact) mass is 249 g/mol. The van der Waals surface area contributed by atoms with E-state index in [1.54, 1.807) is 0 Å². The van der Waals surface area contributed by atoms with Crippen LogP contribution in [0.5, 0.6) is 0 Å². The summed E-state index contributed by atoms with van der Waals surface area (Å²) in [6.07, 6.45) is 1.34. The molecule has 0 aliphatic rings. The molecular weight excluding hydrogens is 226 g/mol. The van der Waals surface area contributed by atoms with E-state index in [1.165, 1.54) is 0 Å². The van der Waals surface area contributed by atoms with Gasteiger partial charge >= 0.3 is 0 Å². The van der Waals surface area contributed by atoms with Gasteiger partial charge < -0.3 is 16.0 Å². The van der Waals surface area contributed by atoms with Gasteiger partial charge in [0.25, 0.3) is 0 Å². The van der Waals surface area contributed by atoms with Gasteiger partial charge in [-0.2, -0.15) is 0 Å². The minimum atomic E-state index is 0.0459. The van der Waals surface area contributed by atoms with E-state index in [4.69, 9.17) is 5.73 Å². The molecule has 1 rings (SSSR count). The molecule has 0 aliphatic heterocycles. The Morgan fingerprint density at radius 2 is 2.06 bits per heavy atom. The quantitative estimate of drug-likeness (QED) is 0.811. The van der Waals surface area contributed by atoms with Gasteiger partial charge in [0.1, 0.15) is 0 Å². The summed E-state index contributed by atoms with van der Waals surface area (Å²) in [5.74, 6) is 0.435. The van der Waals surface area contributed by atoms with Gasteiger partial charge in [0.2, 0.25) is 5.91 Å². The van der Waals surface area contributed by atoms with Crippen LogP contribution in [-0.2, 0) is 4.79 Å². The Morgan fingerprint density at radius 3 is 2.67 bits per heavy atom. The van der Waals surface area contributed by atoms with Crippen molar-refractivity contribution in [1.82, 2.24) is 0 Å². The maximum Gasteiger partial charge on any atom is 0.224 e. The highest BCUT2D eigenvalue weighted by atomic mass is 16.1. The van der Waals surface area contributed by atoms with Crippen LogP contribution in [0.3, 0.4) is 0 Å². The highest BCUT2D eigenvalue weighted by Crippen LogP contribution is 2.23. The van der Waals surface area contributed by atoms with E-state index in [1.807, 2.05) is 43.3 Å². The first-order valence-corrected chi connectivity index (χ1v) is 6.31. The maximum atomic E-state index is 11.8. The third-order valence-electron chi connectivity index (χ3n) is 2.93. The van der Waals surface area contributed by atoms with Gasteiger partial charge in [-0.05, 0) is 31.0 Å². The summed E-state index contributed by atoms with van der Waals surface area (Å²) in [7, 11) is 3.92. The third kappa shape index (κ3) is 4.37. The van der Waals surface area contributed by atoms with Gasteiger partial charge in [-0.1, -0.05) is 19.1 Å². The summed E-state index contributed by atoms with van der Waals surface area (Å²) in [6, 6.07) is 7.78. The van der Waals surface area contributed by atoms with Crippen LogP contribution in [0.25, 0.3) is 0 Å². The molecule has 100 valence electrons. The summed E-state index contributed by atoms with van der Waals surface area (Å²) >= 11 is 0. The predicted octanol–water partition coefficient (Wildman–Crippen LogP) is 2.07. The minimum Gasteiger partial charge on any atom is -0.376 e. The number of para-hydroxylation sites is 2. The van der Waals surface area contributed by atoms with E-state index in [9.17, 15) is 4.79 Å². The lowest BCUT2D eigenvalue weighted by Crippen LogP contribution is -2.18. The molecule has 0 bridgehead atoms. The Morgan fingerprint density at radius 1 is 1.39 bits per heavy atom. The summed E-state index contributed by atoms with van der Waals surface area (Å²) in [6.45, 7) is 2.68. The van der Waals surface area contributed by atoms with Crippen molar-refractivity contribution < 1.29 is 4.79 Å². The van der Waals surface area contributed by atoms with Crippen molar-refractivity contribution in [2.45, 2.75) is 19.8 Å². The van der Waals surface area contributed by atoms with Crippen LogP contribution in [0.4, 0.5) is 11.4 Å². The first-order valence-electron chi connectivity index (χ1n) is 6.31. The number of hydrogen-bond acceptors (Lipinski definition) is 3. The number of benzene rings is 1. The first kappa shape index (κ1) is 14.5. The number of nitrogens with two attached hydrogens (primary N) is 1. The molecule has 0 fully saturated rings. The first-order chi connectivity index (χ1) is 8.54. The normalized spacial score (nSPS) is 12.0. The Labute approximate surface area is 109 Å². The molecular formula is C14H23N3O. The SMILES string of the molecule is CC(CN)CCC(=O)Nc1ccccc1N(C)C. The number of nitrogens with zero attached hydrogens (tertiary/aromatic N) is 1. The zero-order valence-electron chi connectivity index (χ0n) is 11.4. The smallest absolute Gasteiger partial charge is 0.224 e. The van der Waals surface area contributed by atoms with E-state index in [-0.39, 0.29) is 5.91 Å². The van der Waals surface area contributed by atoms with Gasteiger partial charge in [-0.15, -0.1) is 0 Å². The zero-order chi connectivity index (χ0) is 13.5. The lowest BCUT2D eigenvalue weighted by molar-refractivity contribution is -0.116. The van der Waals surface area contributed by atoms with Crippen LogP contribution in [0.1, 0.15) is 19.8 Å². The molecule has 0 saturated carbocycles. The Bertz CT molecular complexity index is 390. The zero-order valence-corrected chi connectivity index (χ0v) is 11.4. The second kappa shape index (κ2) is 7.01. The van der Waals surface area contributed by atoms with Gasteiger partial charge in [0, 0.05) is 20.5 Å². The number of anilines is 2. The van der Waals surface area contributed by atoms with Crippen molar-refractivity contribution in [1.29, 1.82) is 0 Å². The minimum absolute atomic E-state index is 0.0459. The molecule has 1 atom stereocenters. The molecule has 0 saturated heterocycles. The number of hydrogen-bond donors (Lipinski definition) is 2. The van der Waals surface area contributed by atoms with Crippen molar-refractivity contribution in [2.24, 2.45) is 11.7 Å². The molecule has 0 spiro atoms. The molecule has 0 aromatic heterocycles. The molecule has 1 aromatic carbocycles. The summed E-state index contributed by atoms with van der Waals surface area (Å²) in [5, 5.41) is 2.95. The Hall–Kier alpha value is -1.55. The van der Waals surface area contributed by atoms with Crippen molar-refractivity contribution in [3.05, 3.63) is 24.3 Å². The number of carbonyl (C=O) groups is 1. The van der Waals surface area contributed by atoms with Crippen molar-refractivity contribution in [2.75, 3.05) is 30.9 Å². The van der Waals surface area contributed by atoms with Crippen LogP contribution < -0.4 is 16.0 Å². The summed E-state index contributed by atoms with van der Waals surface area (Å²) in [5.41, 5.74) is 7.40. The highest BCUT2D eigenvalue weighted by Gasteiger charge is 2.09. The highest BCUT2D eigenvalue weighted by molar-refractivity contribution is 5.94. The van der Waals surface area contributed by atoms with Gasteiger partial charge in [-0.3, -0.25) is 4.79 Å². The summed E-state index contributed by atoms with van der Waals surface area (Å²) in [4.78, 5) is 13.8. The van der Waals surface area contributed by atoms with Gasteiger partial charge in [0.05, 0.1) is 11.4 Å². The molecule has 4 heteroatoms. The molecule has 1 aromatic rings. The number of nitrogens with one attached hydrogen (secondary N) is 1. The van der Waals surface area contributed by atoms with Crippen LogP contribution in [-0.4, -0.2) is 26.5 Å². The second-order valence-electron chi connectivity index (χ2n) is 4.84. The topological polar surface area (TPSA) is 58.4 Å². The van der Waals surface area contributed by atoms with Gasteiger partial charge in [0.15, 0.2) is 0 Å². The molecule has 0 aliphatic carbocycles. The Kier molecular flexibility index (Phi) is 5.65. The average molecular weight is 249 g/mol. The van der Waals surface area contributed by atoms with Crippen molar-refractivity contribution in [3.8, 4) is 0 Å². The number of amides is 1. The van der Waals surface area contributed by atoms with E-state index < -0.39 is 0 Å². The van der Waals surface area contributed by atoms with Crippen molar-refractivity contribution in [3.63, 3.8) is 0 Å². The lowest BCUT2D eigenvalue weighted by Gasteiger charge is -2.18. The Balaban J connectivity index is 2.59. The third-order valence-corrected chi connectivity index (χ3v) is 2.93. The average Bonchev–Trinajstić information content (AvgIpc) is 2.36. The van der Waals surface area contributed by atoms with Crippen LogP contribution in [0, 0.1) is 5.92 Å². The predicted molar refractivity (Wildman–Crippen MR) is 76.9 cm³/mol. The number of rotatable bonds is 6. The fourth-order valence-corrected chi connectivity index (χ4v) is 1.68. The van der Waals surface area contributed by atoms with Crippen LogP contribution in [0.2, 0.25) is 0 Å². The van der Waals surface area contributed by atoms with Crippen molar-refractivity contribution >= 4 is 17.3 Å². The largest absolute Gasteiger partial charge is 0.376 e. The lowest BCUT2D eigenvalue weighted by atomic mass is 10.1. The van der Waals surface area contributed by atoms with Crippen LogP contribution in [0.15, 0.2) is 24.3 Å². The molecule has 3 N–H and O–H groups in total. The molecule has 1 amide bonds. The molecule has 0 radical (unpaired) electrons. The molecule has 4 nitrogen and oxygen atoms in total. The van der Waals surface area contributed by atoms with E-state index in [2.05, 4.69) is 12.2 Å².